The number of benzene rings is 3. The first-order valence-corrected chi connectivity index (χ1v) is 10.3. The van der Waals surface area contributed by atoms with Crippen LogP contribution in [0.4, 0.5) is 11.4 Å². The van der Waals surface area contributed by atoms with Crippen molar-refractivity contribution in [1.29, 1.82) is 0 Å². The Labute approximate surface area is 175 Å². The predicted octanol–water partition coefficient (Wildman–Crippen LogP) is 5.95. The van der Waals surface area contributed by atoms with E-state index in [0.29, 0.717) is 0 Å². The first kappa shape index (κ1) is 19.2. The fourth-order valence-electron chi connectivity index (χ4n) is 3.28. The average molecular weight is 403 g/mol. The van der Waals surface area contributed by atoms with Crippen molar-refractivity contribution in [3.63, 3.8) is 0 Å². The molecule has 3 aromatic carbocycles. The van der Waals surface area contributed by atoms with E-state index < -0.39 is 0 Å². The molecule has 3 aromatic rings. The van der Waals surface area contributed by atoms with Gasteiger partial charge in [-0.2, -0.15) is 0 Å². The Balaban J connectivity index is 1.76. The minimum Gasteiger partial charge on any atom is -0.497 e. The van der Waals surface area contributed by atoms with Crippen LogP contribution in [0.25, 0.3) is 5.70 Å². The summed E-state index contributed by atoms with van der Waals surface area (Å²) in [6, 6.07) is 24.4. The van der Waals surface area contributed by atoms with Gasteiger partial charge in [0.15, 0.2) is 0 Å². The zero-order valence-electron chi connectivity index (χ0n) is 16.3. The maximum absolute atomic E-state index is 11.5. The molecule has 1 aliphatic rings. The van der Waals surface area contributed by atoms with Crippen LogP contribution < -0.4 is 15.4 Å². The summed E-state index contributed by atoms with van der Waals surface area (Å²) < 4.78 is 5.30. The van der Waals surface area contributed by atoms with Crippen molar-refractivity contribution in [2.45, 2.75) is 17.1 Å². The van der Waals surface area contributed by atoms with Crippen LogP contribution in [0, 0.1) is 0 Å². The van der Waals surface area contributed by atoms with E-state index in [1.807, 2.05) is 54.2 Å². The molecule has 0 aromatic heterocycles. The topological polar surface area (TPSA) is 50.4 Å². The zero-order valence-corrected chi connectivity index (χ0v) is 17.1. The Morgan fingerprint density at radius 1 is 1.03 bits per heavy atom. The molecule has 29 heavy (non-hydrogen) atoms. The predicted molar refractivity (Wildman–Crippen MR) is 120 cm³/mol. The molecule has 0 spiro atoms. The van der Waals surface area contributed by atoms with Crippen molar-refractivity contribution in [1.82, 2.24) is 0 Å². The number of hydrogen-bond acceptors (Lipinski definition) is 4. The summed E-state index contributed by atoms with van der Waals surface area (Å²) in [4.78, 5) is 12.6. The van der Waals surface area contributed by atoms with E-state index in [2.05, 4.69) is 47.0 Å². The molecule has 5 heteroatoms. The molecule has 146 valence electrons. The van der Waals surface area contributed by atoms with Gasteiger partial charge in [0.2, 0.25) is 5.91 Å². The van der Waals surface area contributed by atoms with Crippen LogP contribution in [0.1, 0.15) is 23.3 Å². The number of thioether (sulfide) groups is 1. The first-order chi connectivity index (χ1) is 14.1. The van der Waals surface area contributed by atoms with Gasteiger partial charge in [0, 0.05) is 23.2 Å². The van der Waals surface area contributed by atoms with E-state index in [1.165, 1.54) is 17.4 Å². The molecule has 1 amide bonds. The monoisotopic (exact) mass is 402 g/mol. The number of carbonyl (C=O) groups is 1. The molecule has 0 radical (unpaired) electrons. The van der Waals surface area contributed by atoms with E-state index in [9.17, 15) is 4.79 Å². The lowest BCUT2D eigenvalue weighted by molar-refractivity contribution is -0.114. The lowest BCUT2D eigenvalue weighted by atomic mass is 10.1. The molecule has 1 unspecified atom stereocenters. The van der Waals surface area contributed by atoms with Crippen LogP contribution in [0.5, 0.6) is 5.75 Å². The number of fused-ring (bicyclic) bond motifs is 1. The number of ether oxygens (including phenoxy) is 1. The molecule has 1 heterocycles. The highest BCUT2D eigenvalue weighted by atomic mass is 32.2. The van der Waals surface area contributed by atoms with Gasteiger partial charge in [0.25, 0.3) is 0 Å². The van der Waals surface area contributed by atoms with E-state index in [-0.39, 0.29) is 11.2 Å². The van der Waals surface area contributed by atoms with Gasteiger partial charge in [-0.1, -0.05) is 36.4 Å². The van der Waals surface area contributed by atoms with E-state index in [0.717, 1.165) is 28.4 Å². The molecule has 0 saturated heterocycles. The fourth-order valence-corrected chi connectivity index (χ4v) is 4.45. The minimum atomic E-state index is -0.0815. The number of para-hydroxylation sites is 1. The van der Waals surface area contributed by atoms with Crippen LogP contribution in [-0.4, -0.2) is 13.0 Å². The second-order valence-electron chi connectivity index (χ2n) is 6.78. The molecule has 4 rings (SSSR count). The molecular weight excluding hydrogens is 380 g/mol. The van der Waals surface area contributed by atoms with Gasteiger partial charge in [0.05, 0.1) is 18.0 Å². The van der Waals surface area contributed by atoms with Crippen molar-refractivity contribution in [2.75, 3.05) is 17.7 Å². The maximum atomic E-state index is 11.5. The van der Waals surface area contributed by atoms with Gasteiger partial charge in [-0.25, -0.2) is 0 Å². The van der Waals surface area contributed by atoms with Crippen molar-refractivity contribution >= 4 is 34.7 Å². The molecule has 0 fully saturated rings. The number of methoxy groups -OCH3 is 1. The smallest absolute Gasteiger partial charge is 0.221 e. The van der Waals surface area contributed by atoms with Crippen LogP contribution in [0.15, 0.2) is 83.8 Å². The lowest BCUT2D eigenvalue weighted by Crippen LogP contribution is -2.06. The van der Waals surface area contributed by atoms with E-state index in [1.54, 1.807) is 7.11 Å². The minimum absolute atomic E-state index is 0.0815. The highest BCUT2D eigenvalue weighted by Gasteiger charge is 2.19. The average Bonchev–Trinajstić information content (AvgIpc) is 2.93. The van der Waals surface area contributed by atoms with Gasteiger partial charge in [-0.05, 0) is 53.6 Å². The second kappa shape index (κ2) is 8.45. The summed E-state index contributed by atoms with van der Waals surface area (Å²) in [6.07, 6.45) is 2.24. The molecule has 0 saturated carbocycles. The van der Waals surface area contributed by atoms with Crippen LogP contribution >= 0.6 is 11.8 Å². The summed E-state index contributed by atoms with van der Waals surface area (Å²) in [5.74, 6) is 0.764. The van der Waals surface area contributed by atoms with Gasteiger partial charge in [-0.15, -0.1) is 11.8 Å². The number of rotatable bonds is 4. The number of nitrogens with one attached hydrogen (secondary N) is 2. The van der Waals surface area contributed by atoms with Crippen LogP contribution in [0.3, 0.4) is 0 Å². The standard InChI is InChI=1S/C24H22N2O2S/c1-16(27)25-19-7-5-6-18(14-19)22-15-24(17-10-12-20(28-2)13-11-17)29-23-9-4-3-8-21(23)26-22/h3-15,24,26H,1-2H3,(H,25,27). The van der Waals surface area contributed by atoms with Gasteiger partial charge in [0.1, 0.15) is 5.75 Å². The van der Waals surface area contributed by atoms with Crippen molar-refractivity contribution in [3.05, 3.63) is 90.0 Å². The molecule has 1 aliphatic heterocycles. The number of anilines is 2. The third-order valence-corrected chi connectivity index (χ3v) is 5.94. The third-order valence-electron chi connectivity index (χ3n) is 4.67. The van der Waals surface area contributed by atoms with Crippen molar-refractivity contribution in [3.8, 4) is 5.75 Å². The normalized spacial score (nSPS) is 15.4. The van der Waals surface area contributed by atoms with Crippen molar-refractivity contribution in [2.24, 2.45) is 0 Å². The quantitative estimate of drug-likeness (QED) is 0.566. The Morgan fingerprint density at radius 3 is 2.59 bits per heavy atom. The summed E-state index contributed by atoms with van der Waals surface area (Å²) in [6.45, 7) is 1.52. The summed E-state index contributed by atoms with van der Waals surface area (Å²) in [7, 11) is 1.68. The van der Waals surface area contributed by atoms with Gasteiger partial charge >= 0.3 is 0 Å². The largest absolute Gasteiger partial charge is 0.497 e. The number of carbonyl (C=O) groups excluding carboxylic acids is 1. The highest BCUT2D eigenvalue weighted by Crippen LogP contribution is 2.45. The summed E-state index contributed by atoms with van der Waals surface area (Å²) in [5, 5.41) is 6.58. The highest BCUT2D eigenvalue weighted by molar-refractivity contribution is 7.99. The summed E-state index contributed by atoms with van der Waals surface area (Å²) >= 11 is 1.81. The Bertz CT molecular complexity index is 1060. The third kappa shape index (κ3) is 4.46. The van der Waals surface area contributed by atoms with Gasteiger partial charge in [-0.3, -0.25) is 4.79 Å². The van der Waals surface area contributed by atoms with Gasteiger partial charge < -0.3 is 15.4 Å². The molecule has 4 nitrogen and oxygen atoms in total. The molecule has 0 aliphatic carbocycles. The molecule has 2 N–H and O–H groups in total. The number of amides is 1. The van der Waals surface area contributed by atoms with E-state index >= 15 is 0 Å². The van der Waals surface area contributed by atoms with E-state index in [4.69, 9.17) is 4.74 Å². The zero-order chi connectivity index (χ0) is 20.2. The van der Waals surface area contributed by atoms with Crippen LogP contribution in [0.2, 0.25) is 0 Å². The maximum Gasteiger partial charge on any atom is 0.221 e. The fraction of sp³-hybridized carbons (Fsp3) is 0.125. The molecule has 0 bridgehead atoms. The molecular formula is C24H22N2O2S. The Hall–Kier alpha value is -3.18. The lowest BCUT2D eigenvalue weighted by Gasteiger charge is -2.14. The number of hydrogen-bond donors (Lipinski definition) is 2. The second-order valence-corrected chi connectivity index (χ2v) is 7.96. The van der Waals surface area contributed by atoms with Crippen molar-refractivity contribution < 1.29 is 9.53 Å². The SMILES string of the molecule is COc1ccc(C2C=C(c3cccc(NC(C)=O)c3)Nc3ccccc3S2)cc1. The van der Waals surface area contributed by atoms with Crippen LogP contribution in [-0.2, 0) is 4.79 Å². The first-order valence-electron chi connectivity index (χ1n) is 9.39. The Kier molecular flexibility index (Phi) is 5.58. The molecule has 1 atom stereocenters. The Morgan fingerprint density at radius 2 is 1.83 bits per heavy atom. The summed E-state index contributed by atoms with van der Waals surface area (Å²) in [5.41, 5.74) is 5.08.